The zero-order chi connectivity index (χ0) is 13.7. The smallest absolute Gasteiger partial charge is 0.337 e. The van der Waals surface area contributed by atoms with Gasteiger partial charge in [0.05, 0.1) is 41.8 Å². The summed E-state index contributed by atoms with van der Waals surface area (Å²) in [6.45, 7) is 0.470. The molecule has 6 heteroatoms. The molecule has 1 heterocycles. The lowest BCUT2D eigenvalue weighted by Crippen LogP contribution is -2.05. The number of anilines is 1. The Morgan fingerprint density at radius 3 is 2.95 bits per heavy atom. The third-order valence-electron chi connectivity index (χ3n) is 2.46. The molecule has 0 bridgehead atoms. The fourth-order valence-corrected chi connectivity index (χ4v) is 1.70. The van der Waals surface area contributed by atoms with E-state index in [-0.39, 0.29) is 0 Å². The zero-order valence-electron chi connectivity index (χ0n) is 10.3. The maximum atomic E-state index is 11.4. The molecule has 1 aromatic carbocycles. The summed E-state index contributed by atoms with van der Waals surface area (Å²) in [4.78, 5) is 19.5. The van der Waals surface area contributed by atoms with Gasteiger partial charge in [0, 0.05) is 12.4 Å². The maximum absolute atomic E-state index is 11.4. The number of esters is 1. The molecule has 0 radical (unpaired) electrons. The minimum Gasteiger partial charge on any atom is -0.465 e. The lowest BCUT2D eigenvalue weighted by atomic mass is 10.2. The number of halogens is 1. The highest BCUT2D eigenvalue weighted by Crippen LogP contribution is 2.23. The Morgan fingerprint density at radius 1 is 1.42 bits per heavy atom. The number of aromatic nitrogens is 2. The Morgan fingerprint density at radius 2 is 2.26 bits per heavy atom. The summed E-state index contributed by atoms with van der Waals surface area (Å²) in [6.07, 6.45) is 4.88. The van der Waals surface area contributed by atoms with Gasteiger partial charge < -0.3 is 10.1 Å². The summed E-state index contributed by atoms with van der Waals surface area (Å²) >= 11 is 6.06. The highest BCUT2D eigenvalue weighted by molar-refractivity contribution is 6.33. The summed E-state index contributed by atoms with van der Waals surface area (Å²) in [5.74, 6) is -0.404. The minimum atomic E-state index is -0.404. The van der Waals surface area contributed by atoms with Crippen LogP contribution in [0.2, 0.25) is 5.02 Å². The number of nitrogens with zero attached hydrogens (tertiary/aromatic N) is 2. The Bertz CT molecular complexity index is 575. The Labute approximate surface area is 115 Å². The number of ether oxygens (including phenoxy) is 1. The van der Waals surface area contributed by atoms with Gasteiger partial charge in [-0.15, -0.1) is 0 Å². The van der Waals surface area contributed by atoms with E-state index in [4.69, 9.17) is 11.6 Å². The van der Waals surface area contributed by atoms with E-state index in [1.54, 1.807) is 36.8 Å². The van der Waals surface area contributed by atoms with Crippen molar-refractivity contribution >= 4 is 23.3 Å². The molecule has 0 spiro atoms. The van der Waals surface area contributed by atoms with Crippen molar-refractivity contribution in [1.29, 1.82) is 0 Å². The van der Waals surface area contributed by atoms with E-state index >= 15 is 0 Å². The van der Waals surface area contributed by atoms with Crippen molar-refractivity contribution in [2.75, 3.05) is 12.4 Å². The lowest BCUT2D eigenvalue weighted by molar-refractivity contribution is 0.0601. The average molecular weight is 278 g/mol. The highest BCUT2D eigenvalue weighted by Gasteiger charge is 2.08. The standard InChI is InChI=1S/C13H12ClN3O2/c1-19-13(18)9-2-3-11(14)12(6-9)17-8-10-7-15-4-5-16-10/h2-7,17H,8H2,1H3. The van der Waals surface area contributed by atoms with Crippen molar-refractivity contribution in [3.63, 3.8) is 0 Å². The van der Waals surface area contributed by atoms with Crippen LogP contribution in [0.15, 0.2) is 36.8 Å². The second-order valence-corrected chi connectivity index (χ2v) is 4.14. The summed E-state index contributed by atoms with van der Waals surface area (Å²) in [5.41, 5.74) is 1.87. The van der Waals surface area contributed by atoms with Crippen molar-refractivity contribution in [2.45, 2.75) is 6.54 Å². The van der Waals surface area contributed by atoms with E-state index in [1.165, 1.54) is 7.11 Å². The van der Waals surface area contributed by atoms with Crippen LogP contribution < -0.4 is 5.32 Å². The molecule has 1 aromatic heterocycles. The summed E-state index contributed by atoms with van der Waals surface area (Å²) in [6, 6.07) is 4.90. The van der Waals surface area contributed by atoms with Gasteiger partial charge in [-0.1, -0.05) is 11.6 Å². The molecule has 19 heavy (non-hydrogen) atoms. The predicted molar refractivity (Wildman–Crippen MR) is 72.2 cm³/mol. The number of carbonyl (C=O) groups excluding carboxylic acids is 1. The van der Waals surface area contributed by atoms with Crippen molar-refractivity contribution < 1.29 is 9.53 Å². The number of benzene rings is 1. The van der Waals surface area contributed by atoms with E-state index in [9.17, 15) is 4.79 Å². The molecule has 98 valence electrons. The molecule has 0 unspecified atom stereocenters. The van der Waals surface area contributed by atoms with Crippen molar-refractivity contribution in [1.82, 2.24) is 9.97 Å². The molecular weight excluding hydrogens is 266 g/mol. The number of nitrogens with one attached hydrogen (secondary N) is 1. The zero-order valence-corrected chi connectivity index (χ0v) is 11.0. The number of hydrogen-bond acceptors (Lipinski definition) is 5. The van der Waals surface area contributed by atoms with Crippen LogP contribution in [-0.4, -0.2) is 23.0 Å². The van der Waals surface area contributed by atoms with Crippen LogP contribution in [0.5, 0.6) is 0 Å². The Balaban J connectivity index is 2.13. The molecule has 0 atom stereocenters. The maximum Gasteiger partial charge on any atom is 0.337 e. The molecule has 5 nitrogen and oxygen atoms in total. The first-order chi connectivity index (χ1) is 9.20. The first-order valence-electron chi connectivity index (χ1n) is 5.57. The van der Waals surface area contributed by atoms with Gasteiger partial charge in [-0.3, -0.25) is 9.97 Å². The molecule has 0 amide bonds. The number of carbonyl (C=O) groups is 1. The molecule has 0 aliphatic rings. The molecule has 0 fully saturated rings. The first kappa shape index (κ1) is 13.3. The van der Waals surface area contributed by atoms with Crippen molar-refractivity contribution in [3.05, 3.63) is 53.1 Å². The third kappa shape index (κ3) is 3.42. The summed E-state index contributed by atoms with van der Waals surface area (Å²) < 4.78 is 4.66. The van der Waals surface area contributed by atoms with E-state index in [0.717, 1.165) is 5.69 Å². The van der Waals surface area contributed by atoms with Gasteiger partial charge in [-0.25, -0.2) is 4.79 Å². The molecule has 1 N–H and O–H groups in total. The number of hydrogen-bond donors (Lipinski definition) is 1. The van der Waals surface area contributed by atoms with Gasteiger partial charge in [-0.05, 0) is 18.2 Å². The number of rotatable bonds is 4. The Kier molecular flexibility index (Phi) is 4.30. The quantitative estimate of drug-likeness (QED) is 0.870. The van der Waals surface area contributed by atoms with Gasteiger partial charge in [0.1, 0.15) is 0 Å². The molecule has 0 saturated carbocycles. The minimum absolute atomic E-state index is 0.404. The fourth-order valence-electron chi connectivity index (χ4n) is 1.51. The topological polar surface area (TPSA) is 64.1 Å². The highest BCUT2D eigenvalue weighted by atomic mass is 35.5. The van der Waals surface area contributed by atoms with E-state index < -0.39 is 5.97 Å². The van der Waals surface area contributed by atoms with Crippen molar-refractivity contribution in [2.24, 2.45) is 0 Å². The van der Waals surface area contributed by atoms with Crippen LogP contribution in [-0.2, 0) is 11.3 Å². The van der Waals surface area contributed by atoms with E-state index in [2.05, 4.69) is 20.0 Å². The van der Waals surface area contributed by atoms with Crippen molar-refractivity contribution in [3.8, 4) is 0 Å². The van der Waals surface area contributed by atoms with Crippen LogP contribution in [0.4, 0.5) is 5.69 Å². The van der Waals surface area contributed by atoms with Gasteiger partial charge in [0.15, 0.2) is 0 Å². The van der Waals surface area contributed by atoms with Gasteiger partial charge in [0.2, 0.25) is 0 Å². The molecule has 2 rings (SSSR count). The van der Waals surface area contributed by atoms with Gasteiger partial charge in [-0.2, -0.15) is 0 Å². The molecular formula is C13H12ClN3O2. The summed E-state index contributed by atoms with van der Waals surface area (Å²) in [5, 5.41) is 3.63. The van der Waals surface area contributed by atoms with E-state index in [1.807, 2.05) is 0 Å². The largest absolute Gasteiger partial charge is 0.465 e. The van der Waals surface area contributed by atoms with Crippen LogP contribution in [0.3, 0.4) is 0 Å². The molecule has 0 aliphatic carbocycles. The Hall–Kier alpha value is -2.14. The molecule has 2 aromatic rings. The van der Waals surface area contributed by atoms with E-state index in [0.29, 0.717) is 22.8 Å². The number of methoxy groups -OCH3 is 1. The molecule has 0 aliphatic heterocycles. The van der Waals surface area contributed by atoms with Crippen LogP contribution in [0.1, 0.15) is 16.1 Å². The SMILES string of the molecule is COC(=O)c1ccc(Cl)c(NCc2cnccn2)c1. The first-order valence-corrected chi connectivity index (χ1v) is 5.95. The van der Waals surface area contributed by atoms with Crippen LogP contribution in [0.25, 0.3) is 0 Å². The molecule has 0 saturated heterocycles. The second kappa shape index (κ2) is 6.15. The normalized spacial score (nSPS) is 10.0. The fraction of sp³-hybridized carbons (Fsp3) is 0.154. The average Bonchev–Trinajstić information content (AvgIpc) is 2.46. The van der Waals surface area contributed by atoms with Gasteiger partial charge in [0.25, 0.3) is 0 Å². The lowest BCUT2D eigenvalue weighted by Gasteiger charge is -2.09. The van der Waals surface area contributed by atoms with Gasteiger partial charge >= 0.3 is 5.97 Å². The van der Waals surface area contributed by atoms with Crippen LogP contribution in [0, 0.1) is 0 Å². The summed E-state index contributed by atoms with van der Waals surface area (Å²) in [7, 11) is 1.34. The second-order valence-electron chi connectivity index (χ2n) is 3.74. The monoisotopic (exact) mass is 277 g/mol. The predicted octanol–water partition coefficient (Wildman–Crippen LogP) is 2.53. The van der Waals surface area contributed by atoms with Crippen LogP contribution >= 0.6 is 11.6 Å². The third-order valence-corrected chi connectivity index (χ3v) is 2.79.